The molecule has 0 spiro atoms. The summed E-state index contributed by atoms with van der Waals surface area (Å²) in [7, 11) is 1.58. The number of hydrogen-bond acceptors (Lipinski definition) is 5. The highest BCUT2D eigenvalue weighted by Gasteiger charge is 2.13. The van der Waals surface area contributed by atoms with Crippen molar-refractivity contribution < 1.29 is 14.5 Å². The summed E-state index contributed by atoms with van der Waals surface area (Å²) >= 11 is 1.31. The zero-order chi connectivity index (χ0) is 17.1. The van der Waals surface area contributed by atoms with Crippen LogP contribution in [-0.2, 0) is 6.54 Å². The molecular formula is C17H14N2O4S. The number of amides is 1. The number of hydrogen-bond donors (Lipinski definition) is 1. The number of methoxy groups -OCH3 is 1. The van der Waals surface area contributed by atoms with Gasteiger partial charge in [-0.15, -0.1) is 11.3 Å². The smallest absolute Gasteiger partial charge is 0.270 e. The predicted octanol–water partition coefficient (Wildman–Crippen LogP) is 3.75. The van der Waals surface area contributed by atoms with Crippen molar-refractivity contribution >= 4 is 33.0 Å². The van der Waals surface area contributed by atoms with Crippen LogP contribution >= 0.6 is 11.3 Å². The van der Waals surface area contributed by atoms with Crippen LogP contribution in [0.5, 0.6) is 5.75 Å². The lowest BCUT2D eigenvalue weighted by Gasteiger charge is -2.08. The maximum absolute atomic E-state index is 12.3. The van der Waals surface area contributed by atoms with E-state index in [1.165, 1.54) is 23.5 Å². The van der Waals surface area contributed by atoms with Gasteiger partial charge in [0.1, 0.15) is 5.75 Å². The van der Waals surface area contributed by atoms with Crippen molar-refractivity contribution in [2.75, 3.05) is 7.11 Å². The summed E-state index contributed by atoms with van der Waals surface area (Å²) in [6.45, 7) is 0.344. The molecule has 0 saturated carbocycles. The molecule has 0 saturated heterocycles. The Labute approximate surface area is 141 Å². The summed E-state index contributed by atoms with van der Waals surface area (Å²) in [6, 6.07) is 13.7. The number of non-ortho nitro benzene ring substituents is 1. The maximum atomic E-state index is 12.3. The average Bonchev–Trinajstić information content (AvgIpc) is 3.03. The molecule has 3 aromatic rings. The Morgan fingerprint density at radius 1 is 1.25 bits per heavy atom. The summed E-state index contributed by atoms with van der Waals surface area (Å²) in [5.74, 6) is 0.495. The third-order valence-electron chi connectivity index (χ3n) is 3.57. The van der Waals surface area contributed by atoms with Crippen molar-refractivity contribution in [3.8, 4) is 5.75 Å². The Bertz CT molecular complexity index is 920. The summed E-state index contributed by atoms with van der Waals surface area (Å²) in [5, 5.41) is 14.4. The molecule has 7 heteroatoms. The first-order valence-electron chi connectivity index (χ1n) is 7.16. The van der Waals surface area contributed by atoms with Crippen molar-refractivity contribution in [2.45, 2.75) is 6.54 Å². The first-order valence-corrected chi connectivity index (χ1v) is 7.98. The highest BCUT2D eigenvalue weighted by Crippen LogP contribution is 2.29. The van der Waals surface area contributed by atoms with Crippen LogP contribution in [0.15, 0.2) is 48.5 Å². The number of ether oxygens (including phenoxy) is 1. The number of fused-ring (bicyclic) bond motifs is 1. The molecule has 1 aromatic heterocycles. The van der Waals surface area contributed by atoms with Crippen molar-refractivity contribution in [1.82, 2.24) is 5.32 Å². The number of benzene rings is 2. The summed E-state index contributed by atoms with van der Waals surface area (Å²) < 4.78 is 6.09. The van der Waals surface area contributed by atoms with E-state index in [2.05, 4.69) is 5.32 Å². The van der Waals surface area contributed by atoms with Gasteiger partial charge in [-0.1, -0.05) is 18.2 Å². The summed E-state index contributed by atoms with van der Waals surface area (Å²) in [6.07, 6.45) is 0. The SMILES string of the molecule is COc1ccccc1CNC(=O)c1cc2cc([N+](=O)[O-])ccc2s1. The van der Waals surface area contributed by atoms with Crippen LogP contribution in [-0.4, -0.2) is 17.9 Å². The van der Waals surface area contributed by atoms with Gasteiger partial charge in [0.05, 0.1) is 16.9 Å². The molecule has 1 amide bonds. The lowest BCUT2D eigenvalue weighted by molar-refractivity contribution is -0.384. The van der Waals surface area contributed by atoms with Gasteiger partial charge in [0.15, 0.2) is 0 Å². The van der Waals surface area contributed by atoms with Crippen LogP contribution in [0.4, 0.5) is 5.69 Å². The van der Waals surface area contributed by atoms with Crippen LogP contribution in [0.3, 0.4) is 0 Å². The second kappa shape index (κ2) is 6.67. The molecule has 0 aliphatic rings. The highest BCUT2D eigenvalue weighted by molar-refractivity contribution is 7.20. The van der Waals surface area contributed by atoms with Crippen LogP contribution < -0.4 is 10.1 Å². The molecule has 0 atom stereocenters. The third kappa shape index (κ3) is 3.21. The molecule has 0 aliphatic heterocycles. The maximum Gasteiger partial charge on any atom is 0.270 e. The molecule has 1 heterocycles. The molecule has 3 rings (SSSR count). The van der Waals surface area contributed by atoms with E-state index in [1.54, 1.807) is 19.2 Å². The number of thiophene rings is 1. The van der Waals surface area contributed by atoms with Gasteiger partial charge >= 0.3 is 0 Å². The van der Waals surface area contributed by atoms with Gasteiger partial charge < -0.3 is 10.1 Å². The number of para-hydroxylation sites is 1. The number of rotatable bonds is 5. The molecule has 2 aromatic carbocycles. The Balaban J connectivity index is 1.77. The van der Waals surface area contributed by atoms with Gasteiger partial charge in [0.25, 0.3) is 11.6 Å². The first kappa shape index (κ1) is 15.9. The fourth-order valence-corrected chi connectivity index (χ4v) is 3.33. The summed E-state index contributed by atoms with van der Waals surface area (Å²) in [5.41, 5.74) is 0.895. The Kier molecular flexibility index (Phi) is 4.43. The fourth-order valence-electron chi connectivity index (χ4n) is 2.37. The quantitative estimate of drug-likeness (QED) is 0.565. The summed E-state index contributed by atoms with van der Waals surface area (Å²) in [4.78, 5) is 23.2. The number of nitro groups is 1. The molecule has 24 heavy (non-hydrogen) atoms. The van der Waals surface area contributed by atoms with Gasteiger partial charge in [-0.3, -0.25) is 14.9 Å². The molecule has 0 unspecified atom stereocenters. The van der Waals surface area contributed by atoms with Crippen molar-refractivity contribution in [2.24, 2.45) is 0 Å². The van der Waals surface area contributed by atoms with Gasteiger partial charge in [0.2, 0.25) is 0 Å². The van der Waals surface area contributed by atoms with E-state index in [-0.39, 0.29) is 11.6 Å². The number of nitrogens with zero attached hydrogens (tertiary/aromatic N) is 1. The monoisotopic (exact) mass is 342 g/mol. The lowest BCUT2D eigenvalue weighted by atomic mass is 10.2. The number of nitrogens with one attached hydrogen (secondary N) is 1. The molecule has 0 bridgehead atoms. The topological polar surface area (TPSA) is 81.5 Å². The molecule has 1 N–H and O–H groups in total. The van der Waals surface area contributed by atoms with Crippen LogP contribution in [0.1, 0.15) is 15.2 Å². The number of carbonyl (C=O) groups excluding carboxylic acids is 1. The molecule has 122 valence electrons. The zero-order valence-corrected chi connectivity index (χ0v) is 13.6. The van der Waals surface area contributed by atoms with E-state index in [4.69, 9.17) is 4.74 Å². The molecule has 0 aliphatic carbocycles. The van der Waals surface area contributed by atoms with Crippen molar-refractivity contribution in [3.63, 3.8) is 0 Å². The number of nitro benzene ring substituents is 1. The van der Waals surface area contributed by atoms with Gasteiger partial charge in [-0.25, -0.2) is 0 Å². The minimum absolute atomic E-state index is 0.0151. The molecule has 0 fully saturated rings. The Morgan fingerprint density at radius 2 is 2.04 bits per heavy atom. The third-order valence-corrected chi connectivity index (χ3v) is 4.68. The van der Waals surface area contributed by atoms with E-state index in [1.807, 2.05) is 24.3 Å². The zero-order valence-electron chi connectivity index (χ0n) is 12.8. The van der Waals surface area contributed by atoms with Crippen molar-refractivity contribution in [1.29, 1.82) is 0 Å². The first-order chi connectivity index (χ1) is 11.6. The highest BCUT2D eigenvalue weighted by atomic mass is 32.1. The van der Waals surface area contributed by atoms with E-state index in [0.717, 1.165) is 10.3 Å². The Hall–Kier alpha value is -2.93. The van der Waals surface area contributed by atoms with Crippen LogP contribution in [0.25, 0.3) is 10.1 Å². The normalized spacial score (nSPS) is 10.5. The second-order valence-electron chi connectivity index (χ2n) is 5.08. The minimum atomic E-state index is -0.446. The Morgan fingerprint density at radius 3 is 2.79 bits per heavy atom. The van der Waals surface area contributed by atoms with E-state index < -0.39 is 4.92 Å². The molecule has 6 nitrogen and oxygen atoms in total. The van der Waals surface area contributed by atoms with Gasteiger partial charge in [0, 0.05) is 34.3 Å². The van der Waals surface area contributed by atoms with E-state index in [0.29, 0.717) is 22.6 Å². The van der Waals surface area contributed by atoms with Gasteiger partial charge in [-0.2, -0.15) is 0 Å². The lowest BCUT2D eigenvalue weighted by Crippen LogP contribution is -2.22. The second-order valence-corrected chi connectivity index (χ2v) is 6.17. The predicted molar refractivity (Wildman–Crippen MR) is 92.6 cm³/mol. The van der Waals surface area contributed by atoms with E-state index >= 15 is 0 Å². The van der Waals surface area contributed by atoms with E-state index in [9.17, 15) is 14.9 Å². The molecular weight excluding hydrogens is 328 g/mol. The fraction of sp³-hybridized carbons (Fsp3) is 0.118. The number of carbonyl (C=O) groups is 1. The van der Waals surface area contributed by atoms with Crippen molar-refractivity contribution in [3.05, 3.63) is 69.1 Å². The van der Waals surface area contributed by atoms with Crippen LogP contribution in [0, 0.1) is 10.1 Å². The standard InChI is InChI=1S/C17H14N2O4S/c1-23-14-5-3-2-4-11(14)10-18-17(20)16-9-12-8-13(19(21)22)6-7-15(12)24-16/h2-9H,10H2,1H3,(H,18,20). The minimum Gasteiger partial charge on any atom is -0.496 e. The molecule has 0 radical (unpaired) electrons. The van der Waals surface area contributed by atoms with Gasteiger partial charge in [-0.05, 0) is 18.2 Å². The average molecular weight is 342 g/mol. The van der Waals surface area contributed by atoms with Crippen LogP contribution in [0.2, 0.25) is 0 Å². The largest absolute Gasteiger partial charge is 0.496 e.